The topological polar surface area (TPSA) is 9.23 Å². The summed E-state index contributed by atoms with van der Waals surface area (Å²) in [5, 5.41) is 0. The Bertz CT molecular complexity index is 678. The van der Waals surface area contributed by atoms with E-state index in [1.807, 2.05) is 0 Å². The van der Waals surface area contributed by atoms with E-state index in [9.17, 15) is 8.78 Å². The molecule has 0 spiro atoms. The maximum absolute atomic E-state index is 14.2. The summed E-state index contributed by atoms with van der Waals surface area (Å²) in [6.45, 7) is 3.91. The second-order valence-electron chi connectivity index (χ2n) is 10.3. The van der Waals surface area contributed by atoms with Gasteiger partial charge in [0.25, 0.3) is 0 Å². The molecule has 4 rings (SSSR count). The Hall–Kier alpha value is -1.12. The van der Waals surface area contributed by atoms with Gasteiger partial charge in [-0.3, -0.25) is 0 Å². The molecule has 0 atom stereocenters. The normalized spacial score (nSPS) is 31.2. The van der Waals surface area contributed by atoms with Gasteiger partial charge in [-0.1, -0.05) is 25.7 Å². The van der Waals surface area contributed by atoms with E-state index < -0.39 is 11.6 Å². The van der Waals surface area contributed by atoms with Crippen molar-refractivity contribution in [2.45, 2.75) is 90.9 Å². The van der Waals surface area contributed by atoms with Crippen LogP contribution in [0.2, 0.25) is 0 Å². The maximum Gasteiger partial charge on any atom is 0.201 e. The molecular formula is C26H38F2O. The van der Waals surface area contributed by atoms with Crippen molar-refractivity contribution in [3.8, 4) is 5.75 Å². The molecule has 3 saturated carbocycles. The molecule has 0 aromatic heterocycles. The van der Waals surface area contributed by atoms with Crippen molar-refractivity contribution in [2.24, 2.45) is 29.6 Å². The summed E-state index contributed by atoms with van der Waals surface area (Å²) in [6.07, 6.45) is 16.7. The molecule has 0 radical (unpaired) electrons. The lowest BCUT2D eigenvalue weighted by molar-refractivity contribution is 0.109. The molecule has 3 aliphatic carbocycles. The average Bonchev–Trinajstić information content (AvgIpc) is 3.28. The number of benzene rings is 1. The van der Waals surface area contributed by atoms with Gasteiger partial charge in [-0.25, -0.2) is 4.39 Å². The van der Waals surface area contributed by atoms with Crippen LogP contribution in [0.15, 0.2) is 6.07 Å². The first kappa shape index (κ1) is 21.1. The Morgan fingerprint density at radius 1 is 0.690 bits per heavy atom. The Morgan fingerprint density at radius 3 is 1.72 bits per heavy atom. The SMILES string of the molecule is Cc1cc(C)c(OCC2CCC(C3CCC(C4CCCC4)CC3)CC2)c(F)c1F. The molecule has 0 unspecified atom stereocenters. The molecule has 0 N–H and O–H groups in total. The minimum absolute atomic E-state index is 0.112. The summed E-state index contributed by atoms with van der Waals surface area (Å²) in [7, 11) is 0. The summed E-state index contributed by atoms with van der Waals surface area (Å²) in [6, 6.07) is 1.67. The lowest BCUT2D eigenvalue weighted by atomic mass is 9.67. The zero-order valence-corrected chi connectivity index (χ0v) is 18.3. The third kappa shape index (κ3) is 4.80. The van der Waals surface area contributed by atoms with Gasteiger partial charge in [0.2, 0.25) is 5.82 Å². The number of rotatable bonds is 5. The largest absolute Gasteiger partial charge is 0.490 e. The fraction of sp³-hybridized carbons (Fsp3) is 0.769. The number of halogens is 2. The van der Waals surface area contributed by atoms with Gasteiger partial charge in [0.1, 0.15) is 0 Å². The van der Waals surface area contributed by atoms with E-state index in [0.29, 0.717) is 23.7 Å². The summed E-state index contributed by atoms with van der Waals surface area (Å²) in [5.74, 6) is 2.86. The van der Waals surface area contributed by atoms with Crippen LogP contribution in [0.1, 0.15) is 88.2 Å². The number of hydrogen-bond acceptors (Lipinski definition) is 1. The Morgan fingerprint density at radius 2 is 1.17 bits per heavy atom. The summed E-state index contributed by atoms with van der Waals surface area (Å²) in [4.78, 5) is 0. The van der Waals surface area contributed by atoms with E-state index in [1.54, 1.807) is 19.9 Å². The van der Waals surface area contributed by atoms with E-state index in [4.69, 9.17) is 4.74 Å². The van der Waals surface area contributed by atoms with Gasteiger partial charge in [-0.2, -0.15) is 4.39 Å². The molecule has 0 amide bonds. The van der Waals surface area contributed by atoms with Crippen LogP contribution in [0.4, 0.5) is 8.78 Å². The first-order valence-corrected chi connectivity index (χ1v) is 12.1. The molecule has 1 nitrogen and oxygen atoms in total. The molecule has 1 aromatic rings. The average molecular weight is 405 g/mol. The second-order valence-corrected chi connectivity index (χ2v) is 10.3. The second kappa shape index (κ2) is 9.35. The van der Waals surface area contributed by atoms with Crippen molar-refractivity contribution in [3.63, 3.8) is 0 Å². The van der Waals surface area contributed by atoms with Crippen LogP contribution in [0.5, 0.6) is 5.75 Å². The highest BCUT2D eigenvalue weighted by Crippen LogP contribution is 2.45. The van der Waals surface area contributed by atoms with Crippen molar-refractivity contribution >= 4 is 0 Å². The first-order chi connectivity index (χ1) is 14.0. The molecule has 3 fully saturated rings. The van der Waals surface area contributed by atoms with Crippen molar-refractivity contribution in [1.82, 2.24) is 0 Å². The van der Waals surface area contributed by atoms with Crippen LogP contribution in [-0.2, 0) is 0 Å². The molecule has 3 aliphatic rings. The zero-order chi connectivity index (χ0) is 20.4. The molecule has 0 aliphatic heterocycles. The van der Waals surface area contributed by atoms with Crippen molar-refractivity contribution in [1.29, 1.82) is 0 Å². The molecule has 0 saturated heterocycles. The van der Waals surface area contributed by atoms with E-state index in [-0.39, 0.29) is 5.75 Å². The van der Waals surface area contributed by atoms with Gasteiger partial charge in [-0.15, -0.1) is 0 Å². The molecule has 1 aromatic carbocycles. The summed E-state index contributed by atoms with van der Waals surface area (Å²) in [5.41, 5.74) is 1.03. The highest BCUT2D eigenvalue weighted by Gasteiger charge is 2.34. The van der Waals surface area contributed by atoms with E-state index in [2.05, 4.69) is 0 Å². The first-order valence-electron chi connectivity index (χ1n) is 12.1. The van der Waals surface area contributed by atoms with Gasteiger partial charge in [0, 0.05) is 0 Å². The number of hydrogen-bond donors (Lipinski definition) is 0. The predicted molar refractivity (Wildman–Crippen MR) is 114 cm³/mol. The van der Waals surface area contributed by atoms with Gasteiger partial charge < -0.3 is 4.74 Å². The minimum atomic E-state index is -0.824. The van der Waals surface area contributed by atoms with E-state index in [1.165, 1.54) is 77.0 Å². The fourth-order valence-electron chi connectivity index (χ4n) is 6.62. The summed E-state index contributed by atoms with van der Waals surface area (Å²) < 4.78 is 33.9. The van der Waals surface area contributed by atoms with Crippen LogP contribution in [0.25, 0.3) is 0 Å². The van der Waals surface area contributed by atoms with E-state index in [0.717, 1.165) is 23.7 Å². The van der Waals surface area contributed by atoms with Gasteiger partial charge >= 0.3 is 0 Å². The Kier molecular flexibility index (Phi) is 6.81. The molecule has 162 valence electrons. The van der Waals surface area contributed by atoms with Crippen molar-refractivity contribution in [2.75, 3.05) is 6.61 Å². The van der Waals surface area contributed by atoms with Gasteiger partial charge in [0.05, 0.1) is 6.61 Å². The molecule has 0 heterocycles. The predicted octanol–water partition coefficient (Wildman–Crippen LogP) is 7.76. The van der Waals surface area contributed by atoms with Crippen LogP contribution in [0.3, 0.4) is 0 Å². The van der Waals surface area contributed by atoms with Gasteiger partial charge in [-0.05, 0) is 112 Å². The van der Waals surface area contributed by atoms with Crippen LogP contribution in [0, 0.1) is 55.1 Å². The smallest absolute Gasteiger partial charge is 0.201 e. The lowest BCUT2D eigenvalue weighted by Gasteiger charge is -2.39. The number of aryl methyl sites for hydroxylation is 2. The molecule has 0 bridgehead atoms. The van der Waals surface area contributed by atoms with Crippen molar-refractivity contribution in [3.05, 3.63) is 28.8 Å². The molecular weight excluding hydrogens is 366 g/mol. The zero-order valence-electron chi connectivity index (χ0n) is 18.3. The van der Waals surface area contributed by atoms with Crippen LogP contribution >= 0.6 is 0 Å². The van der Waals surface area contributed by atoms with Crippen LogP contribution in [-0.4, -0.2) is 6.61 Å². The standard InChI is InChI=1S/C26H38F2O/c1-17-15-18(2)26(25(28)24(17)27)29-16-19-7-9-21(10-8-19)23-13-11-22(12-14-23)20-5-3-4-6-20/h15,19-23H,3-14,16H2,1-2H3. The van der Waals surface area contributed by atoms with E-state index >= 15 is 0 Å². The quantitative estimate of drug-likeness (QED) is 0.487. The minimum Gasteiger partial charge on any atom is -0.490 e. The van der Waals surface area contributed by atoms with Crippen LogP contribution < -0.4 is 4.74 Å². The highest BCUT2D eigenvalue weighted by atomic mass is 19.2. The maximum atomic E-state index is 14.2. The molecule has 29 heavy (non-hydrogen) atoms. The Labute approximate surface area is 175 Å². The lowest BCUT2D eigenvalue weighted by Crippen LogP contribution is -2.29. The number of ether oxygens (including phenoxy) is 1. The fourth-order valence-corrected chi connectivity index (χ4v) is 6.62. The third-order valence-electron chi connectivity index (χ3n) is 8.43. The van der Waals surface area contributed by atoms with Gasteiger partial charge in [0.15, 0.2) is 11.6 Å². The monoisotopic (exact) mass is 404 g/mol. The third-order valence-corrected chi connectivity index (χ3v) is 8.43. The highest BCUT2D eigenvalue weighted by molar-refractivity contribution is 5.38. The van der Waals surface area contributed by atoms with Crippen molar-refractivity contribution < 1.29 is 13.5 Å². The molecule has 3 heteroatoms. The Balaban J connectivity index is 1.22. The summed E-state index contributed by atoms with van der Waals surface area (Å²) >= 11 is 0.